The maximum absolute atomic E-state index is 5.88. The molecule has 0 aliphatic rings. The lowest BCUT2D eigenvalue weighted by atomic mass is 10.2. The lowest BCUT2D eigenvalue weighted by Gasteiger charge is -2.23. The molecule has 0 aliphatic carbocycles. The van der Waals surface area contributed by atoms with Crippen molar-refractivity contribution in [2.45, 2.75) is 52.6 Å². The van der Waals surface area contributed by atoms with Gasteiger partial charge in [0.25, 0.3) is 5.95 Å². The van der Waals surface area contributed by atoms with E-state index < -0.39 is 16.6 Å². The largest absolute Gasteiger partial charge is 0.520 e. The van der Waals surface area contributed by atoms with Crippen LogP contribution in [0.4, 0.5) is 0 Å². The average Bonchev–Trinajstić information content (AvgIpc) is 2.10. The minimum atomic E-state index is -1.59. The minimum Gasteiger partial charge on any atom is -0.520 e. The van der Waals surface area contributed by atoms with Crippen molar-refractivity contribution in [2.75, 3.05) is 13.7 Å². The quantitative estimate of drug-likeness (QED) is 0.520. The lowest BCUT2D eigenvalue weighted by Crippen LogP contribution is -2.27. The Balaban J connectivity index is 4.35. The van der Waals surface area contributed by atoms with Crippen LogP contribution in [0.1, 0.15) is 13.3 Å². The molecule has 0 bridgehead atoms. The van der Waals surface area contributed by atoms with Gasteiger partial charge in [-0.15, -0.1) is 0 Å². The molecule has 0 aromatic rings. The minimum absolute atomic E-state index is 0.684. The molecule has 0 spiro atoms. The number of hydrogen-bond acceptors (Lipinski definition) is 3. The van der Waals surface area contributed by atoms with Gasteiger partial charge in [-0.1, -0.05) is 0 Å². The van der Waals surface area contributed by atoms with Crippen LogP contribution < -0.4 is 0 Å². The Morgan fingerprint density at radius 1 is 0.941 bits per heavy atom. The summed E-state index contributed by atoms with van der Waals surface area (Å²) in [4.78, 5) is 0. The van der Waals surface area contributed by atoms with E-state index in [0.717, 1.165) is 18.6 Å². The molecule has 0 atom stereocenters. The van der Waals surface area contributed by atoms with Crippen molar-refractivity contribution >= 4 is 16.6 Å². The van der Waals surface area contributed by atoms with E-state index in [1.165, 1.54) is 0 Å². The number of ether oxygens (including phenoxy) is 1. The maximum Gasteiger partial charge on any atom is 0.263 e. The molecule has 0 unspecified atom stereocenters. The second-order valence-electron chi connectivity index (χ2n) is 6.20. The fourth-order valence-corrected chi connectivity index (χ4v) is 2.72. The molecule has 17 heavy (non-hydrogen) atoms. The van der Waals surface area contributed by atoms with E-state index in [1.807, 2.05) is 6.92 Å². The Morgan fingerprint density at radius 3 is 1.82 bits per heavy atom. The highest BCUT2D eigenvalue weighted by atomic mass is 28.4. The van der Waals surface area contributed by atoms with Crippen LogP contribution in [0.25, 0.3) is 0 Å². The SMILES string of the molecule is COC(O[Si](C)(C)C)=C(C)CCO[Si](C)(C)C. The summed E-state index contributed by atoms with van der Waals surface area (Å²) in [6, 6.07) is 0. The topological polar surface area (TPSA) is 27.7 Å². The summed E-state index contributed by atoms with van der Waals surface area (Å²) < 4.78 is 17.0. The highest BCUT2D eigenvalue weighted by Crippen LogP contribution is 2.17. The van der Waals surface area contributed by atoms with Gasteiger partial charge < -0.3 is 13.6 Å². The van der Waals surface area contributed by atoms with E-state index in [1.54, 1.807) is 7.11 Å². The molecule has 5 heteroatoms. The van der Waals surface area contributed by atoms with Crippen molar-refractivity contribution in [1.29, 1.82) is 0 Å². The van der Waals surface area contributed by atoms with E-state index in [9.17, 15) is 0 Å². The molecule has 0 rings (SSSR count). The summed E-state index contributed by atoms with van der Waals surface area (Å²) in [5.74, 6) is 0.684. The maximum atomic E-state index is 5.88. The van der Waals surface area contributed by atoms with Gasteiger partial charge in [0.1, 0.15) is 0 Å². The average molecular weight is 277 g/mol. The molecule has 0 heterocycles. The third kappa shape index (κ3) is 9.44. The van der Waals surface area contributed by atoms with E-state index in [-0.39, 0.29) is 0 Å². The predicted molar refractivity (Wildman–Crippen MR) is 78.1 cm³/mol. The molecule has 0 fully saturated rings. The van der Waals surface area contributed by atoms with Crippen LogP contribution in [-0.4, -0.2) is 30.4 Å². The molecule has 0 N–H and O–H groups in total. The molecule has 0 radical (unpaired) electrons. The van der Waals surface area contributed by atoms with E-state index in [4.69, 9.17) is 13.6 Å². The van der Waals surface area contributed by atoms with Gasteiger partial charge in [0, 0.05) is 12.2 Å². The van der Waals surface area contributed by atoms with E-state index in [2.05, 4.69) is 39.3 Å². The van der Waals surface area contributed by atoms with Crippen LogP contribution in [0.5, 0.6) is 0 Å². The fraction of sp³-hybridized carbons (Fsp3) is 0.833. The summed E-state index contributed by atoms with van der Waals surface area (Å²) in [7, 11) is -1.34. The standard InChI is InChI=1S/C12H28O3Si2/c1-11(9-10-14-16(3,4)5)12(13-2)15-17(6,7)8/h9-10H2,1-8H3. The molecule has 0 aromatic heterocycles. The lowest BCUT2D eigenvalue weighted by molar-refractivity contribution is 0.139. The fourth-order valence-electron chi connectivity index (χ4n) is 1.19. The van der Waals surface area contributed by atoms with Gasteiger partial charge in [0.05, 0.1) is 7.11 Å². The Morgan fingerprint density at radius 2 is 1.47 bits per heavy atom. The first-order valence-corrected chi connectivity index (χ1v) is 12.9. The Hall–Kier alpha value is -0.266. The molecule has 0 amide bonds. The number of methoxy groups -OCH3 is 1. The molecular formula is C12H28O3Si2. The highest BCUT2D eigenvalue weighted by molar-refractivity contribution is 6.70. The van der Waals surface area contributed by atoms with Gasteiger partial charge in [-0.25, -0.2) is 0 Å². The summed E-state index contributed by atoms with van der Waals surface area (Å²) in [5.41, 5.74) is 1.13. The monoisotopic (exact) mass is 276 g/mol. The third-order valence-electron chi connectivity index (χ3n) is 1.94. The van der Waals surface area contributed by atoms with E-state index >= 15 is 0 Å². The van der Waals surface area contributed by atoms with Crippen LogP contribution in [0.15, 0.2) is 11.5 Å². The zero-order valence-corrected chi connectivity index (χ0v) is 14.6. The second-order valence-corrected chi connectivity index (χ2v) is 15.1. The Bertz CT molecular complexity index is 262. The highest BCUT2D eigenvalue weighted by Gasteiger charge is 2.20. The normalized spacial score (nSPS) is 14.4. The molecule has 102 valence electrons. The zero-order valence-electron chi connectivity index (χ0n) is 12.6. The molecule has 0 saturated carbocycles. The van der Waals surface area contributed by atoms with Gasteiger partial charge in [-0.3, -0.25) is 0 Å². The van der Waals surface area contributed by atoms with Gasteiger partial charge in [0.15, 0.2) is 8.32 Å². The molecule has 3 nitrogen and oxygen atoms in total. The van der Waals surface area contributed by atoms with E-state index in [0.29, 0.717) is 5.95 Å². The van der Waals surface area contributed by atoms with Crippen molar-refractivity contribution in [3.63, 3.8) is 0 Å². The summed E-state index contributed by atoms with van der Waals surface area (Å²) in [6.07, 6.45) is 0.873. The Kier molecular flexibility index (Phi) is 6.51. The first-order chi connectivity index (χ1) is 7.55. The number of rotatable bonds is 7. The third-order valence-corrected chi connectivity index (χ3v) is 3.81. The first kappa shape index (κ1) is 16.7. The summed E-state index contributed by atoms with van der Waals surface area (Å²) in [5, 5.41) is 0. The molecule has 0 aromatic carbocycles. The van der Waals surface area contributed by atoms with Crippen LogP contribution in [-0.2, 0) is 13.6 Å². The smallest absolute Gasteiger partial charge is 0.263 e. The molecule has 0 aliphatic heterocycles. The van der Waals surface area contributed by atoms with Crippen molar-refractivity contribution in [3.8, 4) is 0 Å². The van der Waals surface area contributed by atoms with Crippen molar-refractivity contribution < 1.29 is 13.6 Å². The first-order valence-electron chi connectivity index (χ1n) is 6.12. The van der Waals surface area contributed by atoms with Gasteiger partial charge in [-0.05, 0) is 52.6 Å². The van der Waals surface area contributed by atoms with Crippen LogP contribution >= 0.6 is 0 Å². The summed E-state index contributed by atoms with van der Waals surface area (Å²) in [6.45, 7) is 15.8. The number of hydrogen-bond donors (Lipinski definition) is 0. The van der Waals surface area contributed by atoms with Crippen LogP contribution in [0.3, 0.4) is 0 Å². The van der Waals surface area contributed by atoms with Crippen molar-refractivity contribution in [3.05, 3.63) is 11.5 Å². The van der Waals surface area contributed by atoms with Crippen LogP contribution in [0.2, 0.25) is 39.3 Å². The second kappa shape index (κ2) is 6.61. The van der Waals surface area contributed by atoms with Gasteiger partial charge >= 0.3 is 0 Å². The zero-order chi connectivity index (χ0) is 13.7. The van der Waals surface area contributed by atoms with Gasteiger partial charge in [0.2, 0.25) is 8.32 Å². The van der Waals surface area contributed by atoms with Crippen molar-refractivity contribution in [2.24, 2.45) is 0 Å². The van der Waals surface area contributed by atoms with Crippen molar-refractivity contribution in [1.82, 2.24) is 0 Å². The van der Waals surface area contributed by atoms with Gasteiger partial charge in [-0.2, -0.15) is 0 Å². The molecular weight excluding hydrogens is 248 g/mol. The predicted octanol–water partition coefficient (Wildman–Crippen LogP) is 3.96. The molecule has 0 saturated heterocycles. The Labute approximate surface area is 108 Å². The van der Waals surface area contributed by atoms with Crippen LogP contribution in [0, 0.1) is 0 Å². The summed E-state index contributed by atoms with van der Waals surface area (Å²) >= 11 is 0.